The second-order valence-corrected chi connectivity index (χ2v) is 5.96. The average molecular weight is 324 g/mol. The maximum Gasteiger partial charge on any atom is 0.315 e. The molecule has 1 aromatic carbocycles. The molecule has 128 valence electrons. The number of amides is 2. The second kappa shape index (κ2) is 9.12. The zero-order valence-electron chi connectivity index (χ0n) is 14.1. The molecule has 2 amide bonds. The third kappa shape index (κ3) is 7.13. The second-order valence-electron chi connectivity index (χ2n) is 5.96. The number of hydrogen-bond donors (Lipinski definition) is 2. The fourth-order valence-corrected chi connectivity index (χ4v) is 2.10. The quantitative estimate of drug-likeness (QED) is 0.757. The minimum atomic E-state index is -0.370. The highest BCUT2D eigenvalue weighted by atomic mass is 19.1. The zero-order chi connectivity index (χ0) is 17.4. The van der Waals surface area contributed by atoms with Gasteiger partial charge in [-0.2, -0.15) is 0 Å². The molecular weight excluding hydrogens is 299 g/mol. The van der Waals surface area contributed by atoms with E-state index < -0.39 is 0 Å². The molecule has 5 nitrogen and oxygen atoms in total. The van der Waals surface area contributed by atoms with E-state index in [4.69, 9.17) is 4.74 Å². The van der Waals surface area contributed by atoms with Gasteiger partial charge in [-0.3, -0.25) is 4.79 Å². The van der Waals surface area contributed by atoms with Crippen LogP contribution in [0.15, 0.2) is 24.3 Å². The van der Waals surface area contributed by atoms with Crippen LogP contribution in [0.4, 0.5) is 9.18 Å². The van der Waals surface area contributed by atoms with Gasteiger partial charge in [0.2, 0.25) is 0 Å². The largest absolute Gasteiger partial charge is 0.463 e. The predicted octanol–water partition coefficient (Wildman–Crippen LogP) is 3.16. The standard InChI is InChI=1S/C17H25FN2O3/c1-11(2)16(13-5-7-14(18)8-6-13)20-17(22)19-10-9-15(21)23-12(3)4/h5-8,11-12,16H,9-10H2,1-4H3,(H2,19,20,22)/t16-/m0/s1. The van der Waals surface area contributed by atoms with Gasteiger partial charge in [-0.15, -0.1) is 0 Å². The van der Waals surface area contributed by atoms with Gasteiger partial charge in [0.15, 0.2) is 0 Å². The fraction of sp³-hybridized carbons (Fsp3) is 0.529. The summed E-state index contributed by atoms with van der Waals surface area (Å²) in [5, 5.41) is 5.47. The molecule has 0 radical (unpaired) electrons. The number of ether oxygens (including phenoxy) is 1. The van der Waals surface area contributed by atoms with Crippen LogP contribution in [0, 0.1) is 11.7 Å². The fourth-order valence-electron chi connectivity index (χ4n) is 2.10. The Morgan fingerprint density at radius 1 is 1.13 bits per heavy atom. The number of urea groups is 1. The molecule has 0 unspecified atom stereocenters. The summed E-state index contributed by atoms with van der Waals surface area (Å²) in [6.45, 7) is 7.68. The molecule has 0 fully saturated rings. The van der Waals surface area contributed by atoms with Gasteiger partial charge in [-0.1, -0.05) is 26.0 Å². The number of benzene rings is 1. The minimum Gasteiger partial charge on any atom is -0.463 e. The van der Waals surface area contributed by atoms with Crippen molar-refractivity contribution >= 4 is 12.0 Å². The number of carbonyl (C=O) groups excluding carboxylic acids is 2. The van der Waals surface area contributed by atoms with Gasteiger partial charge in [0.25, 0.3) is 0 Å². The summed E-state index contributed by atoms with van der Waals surface area (Å²) in [6, 6.07) is 5.43. The maximum absolute atomic E-state index is 13.0. The predicted molar refractivity (Wildman–Crippen MR) is 86.4 cm³/mol. The lowest BCUT2D eigenvalue weighted by atomic mass is 9.96. The van der Waals surface area contributed by atoms with Crippen molar-refractivity contribution in [2.75, 3.05) is 6.54 Å². The first-order valence-corrected chi connectivity index (χ1v) is 7.79. The number of rotatable bonds is 7. The van der Waals surface area contributed by atoms with Gasteiger partial charge in [0.1, 0.15) is 5.82 Å². The Labute approximate surface area is 136 Å². The smallest absolute Gasteiger partial charge is 0.315 e. The summed E-state index contributed by atoms with van der Waals surface area (Å²) in [6.07, 6.45) is -0.0470. The highest BCUT2D eigenvalue weighted by Crippen LogP contribution is 2.21. The van der Waals surface area contributed by atoms with Crippen LogP contribution in [0.5, 0.6) is 0 Å². The Morgan fingerprint density at radius 3 is 2.26 bits per heavy atom. The Hall–Kier alpha value is -2.11. The van der Waals surface area contributed by atoms with Crippen molar-refractivity contribution in [3.05, 3.63) is 35.6 Å². The van der Waals surface area contributed by atoms with Crippen molar-refractivity contribution in [2.24, 2.45) is 5.92 Å². The molecule has 0 saturated carbocycles. The highest BCUT2D eigenvalue weighted by Gasteiger charge is 2.18. The van der Waals surface area contributed by atoms with Crippen molar-refractivity contribution in [2.45, 2.75) is 46.3 Å². The number of nitrogens with one attached hydrogen (secondary N) is 2. The van der Waals surface area contributed by atoms with Crippen LogP contribution in [-0.2, 0) is 9.53 Å². The first kappa shape index (κ1) is 18.9. The maximum atomic E-state index is 13.0. The lowest BCUT2D eigenvalue weighted by Crippen LogP contribution is -2.40. The Morgan fingerprint density at radius 2 is 1.74 bits per heavy atom. The van der Waals surface area contributed by atoms with Crippen LogP contribution in [0.2, 0.25) is 0 Å². The topological polar surface area (TPSA) is 67.4 Å². The third-order valence-corrected chi connectivity index (χ3v) is 3.16. The molecule has 0 aromatic heterocycles. The molecule has 6 heteroatoms. The normalized spacial score (nSPS) is 12.1. The molecule has 1 rings (SSSR count). The Kier molecular flexibility index (Phi) is 7.51. The van der Waals surface area contributed by atoms with Gasteiger partial charge in [-0.05, 0) is 37.5 Å². The zero-order valence-corrected chi connectivity index (χ0v) is 14.1. The Bertz CT molecular complexity index is 515. The van der Waals surface area contributed by atoms with Gasteiger partial charge < -0.3 is 15.4 Å². The van der Waals surface area contributed by atoms with Crippen LogP contribution in [0.25, 0.3) is 0 Å². The van der Waals surface area contributed by atoms with Crippen LogP contribution >= 0.6 is 0 Å². The SMILES string of the molecule is CC(C)OC(=O)CCNC(=O)N[C@H](c1ccc(F)cc1)C(C)C. The van der Waals surface area contributed by atoms with Crippen LogP contribution in [0.1, 0.15) is 45.7 Å². The van der Waals surface area contributed by atoms with Gasteiger partial charge in [-0.25, -0.2) is 9.18 Å². The number of carbonyl (C=O) groups is 2. The van der Waals surface area contributed by atoms with E-state index in [2.05, 4.69) is 10.6 Å². The molecule has 0 heterocycles. The van der Waals surface area contributed by atoms with Crippen molar-refractivity contribution in [3.63, 3.8) is 0 Å². The summed E-state index contributed by atoms with van der Waals surface area (Å²) >= 11 is 0. The van der Waals surface area contributed by atoms with E-state index in [9.17, 15) is 14.0 Å². The molecule has 0 aliphatic heterocycles. The molecule has 0 spiro atoms. The molecule has 0 bridgehead atoms. The molecule has 1 aromatic rings. The van der Waals surface area contributed by atoms with E-state index >= 15 is 0 Å². The summed E-state index contributed by atoms with van der Waals surface area (Å²) < 4.78 is 18.0. The number of halogens is 1. The average Bonchev–Trinajstić information content (AvgIpc) is 2.44. The van der Waals surface area contributed by atoms with Gasteiger partial charge >= 0.3 is 12.0 Å². The first-order chi connectivity index (χ1) is 10.8. The lowest BCUT2D eigenvalue weighted by molar-refractivity contribution is -0.147. The van der Waals surface area contributed by atoms with Crippen LogP contribution in [0.3, 0.4) is 0 Å². The first-order valence-electron chi connectivity index (χ1n) is 7.79. The molecule has 1 atom stereocenters. The van der Waals surface area contributed by atoms with E-state index in [-0.39, 0.29) is 48.8 Å². The van der Waals surface area contributed by atoms with Crippen molar-refractivity contribution in [1.82, 2.24) is 10.6 Å². The number of hydrogen-bond acceptors (Lipinski definition) is 3. The van der Waals surface area contributed by atoms with Crippen molar-refractivity contribution in [3.8, 4) is 0 Å². The monoisotopic (exact) mass is 324 g/mol. The summed E-state index contributed by atoms with van der Waals surface area (Å²) in [5.74, 6) is -0.527. The molecule has 0 saturated heterocycles. The summed E-state index contributed by atoms with van der Waals surface area (Å²) in [7, 11) is 0. The van der Waals surface area contributed by atoms with E-state index in [0.717, 1.165) is 5.56 Å². The van der Waals surface area contributed by atoms with E-state index in [0.29, 0.717) is 0 Å². The Balaban J connectivity index is 2.49. The minimum absolute atomic E-state index is 0.120. The van der Waals surface area contributed by atoms with Crippen molar-refractivity contribution in [1.29, 1.82) is 0 Å². The van der Waals surface area contributed by atoms with E-state index in [1.165, 1.54) is 12.1 Å². The number of esters is 1. The molecule has 0 aliphatic carbocycles. The van der Waals surface area contributed by atoms with Crippen LogP contribution in [-0.4, -0.2) is 24.6 Å². The molecule has 2 N–H and O–H groups in total. The third-order valence-electron chi connectivity index (χ3n) is 3.16. The van der Waals surface area contributed by atoms with E-state index in [1.54, 1.807) is 26.0 Å². The molecule has 0 aliphatic rings. The summed E-state index contributed by atoms with van der Waals surface area (Å²) in [4.78, 5) is 23.3. The highest BCUT2D eigenvalue weighted by molar-refractivity contribution is 5.76. The summed E-state index contributed by atoms with van der Waals surface area (Å²) in [5.41, 5.74) is 0.829. The molecule has 23 heavy (non-hydrogen) atoms. The van der Waals surface area contributed by atoms with Gasteiger partial charge in [0.05, 0.1) is 18.6 Å². The van der Waals surface area contributed by atoms with Gasteiger partial charge in [0, 0.05) is 6.54 Å². The van der Waals surface area contributed by atoms with Crippen LogP contribution < -0.4 is 10.6 Å². The van der Waals surface area contributed by atoms with Crippen molar-refractivity contribution < 1.29 is 18.7 Å². The van der Waals surface area contributed by atoms with E-state index in [1.807, 2.05) is 13.8 Å². The lowest BCUT2D eigenvalue weighted by Gasteiger charge is -2.23. The molecular formula is C17H25FN2O3.